The molecule has 0 radical (unpaired) electrons. The Kier molecular flexibility index (Phi) is 4.15. The molecule has 0 amide bonds. The monoisotopic (exact) mass is 346 g/mol. The van der Waals surface area contributed by atoms with Gasteiger partial charge >= 0.3 is 5.97 Å². The van der Waals surface area contributed by atoms with Gasteiger partial charge in [0.2, 0.25) is 0 Å². The molecule has 0 spiro atoms. The summed E-state index contributed by atoms with van der Waals surface area (Å²) in [7, 11) is 0. The van der Waals surface area contributed by atoms with Gasteiger partial charge in [-0.25, -0.2) is 9.79 Å². The van der Waals surface area contributed by atoms with E-state index in [-0.39, 0.29) is 6.61 Å². The van der Waals surface area contributed by atoms with Crippen molar-refractivity contribution < 1.29 is 9.53 Å². The summed E-state index contributed by atoms with van der Waals surface area (Å²) in [6.45, 7) is 3.82. The molecule has 1 aromatic heterocycles. The van der Waals surface area contributed by atoms with E-state index < -0.39 is 12.0 Å². The molecule has 0 fully saturated rings. The number of esters is 1. The van der Waals surface area contributed by atoms with Gasteiger partial charge < -0.3 is 10.5 Å². The van der Waals surface area contributed by atoms with Crippen molar-refractivity contribution in [2.24, 2.45) is 10.7 Å². The second-order valence-electron chi connectivity index (χ2n) is 4.83. The molecule has 6 nitrogen and oxygen atoms in total. The molecule has 2 aliphatic heterocycles. The maximum absolute atomic E-state index is 12.5. The van der Waals surface area contributed by atoms with Gasteiger partial charge in [0.1, 0.15) is 22.8 Å². The smallest absolute Gasteiger partial charge is 0.338 e. The number of carbonyl (C=O) groups excluding carboxylic acids is 1. The molecule has 2 aliphatic rings. The zero-order valence-electron chi connectivity index (χ0n) is 12.6. The van der Waals surface area contributed by atoms with Gasteiger partial charge in [0.15, 0.2) is 5.17 Å². The minimum atomic E-state index is -0.417. The highest BCUT2D eigenvalue weighted by atomic mass is 32.2. The summed E-state index contributed by atoms with van der Waals surface area (Å²) in [6, 6.07) is 5.52. The second kappa shape index (κ2) is 6.10. The Morgan fingerprint density at radius 2 is 2.39 bits per heavy atom. The molecule has 118 valence electrons. The highest BCUT2D eigenvalue weighted by Crippen LogP contribution is 2.46. The van der Waals surface area contributed by atoms with Gasteiger partial charge in [-0.1, -0.05) is 6.07 Å². The number of fused-ring (bicyclic) bond motifs is 1. The molecule has 1 aromatic rings. The van der Waals surface area contributed by atoms with Crippen LogP contribution in [0.3, 0.4) is 0 Å². The first-order chi connectivity index (χ1) is 11.1. The predicted octanol–water partition coefficient (Wildman–Crippen LogP) is 2.70. The van der Waals surface area contributed by atoms with Crippen molar-refractivity contribution in [1.29, 1.82) is 5.26 Å². The number of carbonyl (C=O) groups is 1. The topological polar surface area (TPSA) is 91.7 Å². The predicted molar refractivity (Wildman–Crippen MR) is 90.1 cm³/mol. The molecule has 0 saturated heterocycles. The maximum Gasteiger partial charge on any atom is 0.338 e. The number of rotatable bonds is 3. The molecule has 23 heavy (non-hydrogen) atoms. The number of thiophene rings is 1. The lowest BCUT2D eigenvalue weighted by atomic mass is 10.0. The molecule has 1 atom stereocenters. The number of nitriles is 1. The molecule has 3 heterocycles. The van der Waals surface area contributed by atoms with Gasteiger partial charge in [-0.15, -0.1) is 11.3 Å². The summed E-state index contributed by atoms with van der Waals surface area (Å²) in [5.74, 6) is -0.0849. The van der Waals surface area contributed by atoms with Crippen molar-refractivity contribution in [3.05, 3.63) is 44.4 Å². The van der Waals surface area contributed by atoms with Gasteiger partial charge in [-0.05, 0) is 37.1 Å². The molecule has 8 heteroatoms. The van der Waals surface area contributed by atoms with Gasteiger partial charge in [0.05, 0.1) is 17.9 Å². The van der Waals surface area contributed by atoms with Crippen LogP contribution in [0.4, 0.5) is 0 Å². The molecule has 0 unspecified atom stereocenters. The molecule has 0 aromatic carbocycles. The molecular weight excluding hydrogens is 332 g/mol. The maximum atomic E-state index is 12.5. The first-order valence-corrected chi connectivity index (χ1v) is 8.65. The standard InChI is InChI=1S/C15H14N4O2S2/c1-3-21-14(20)11-8(2)18-15-19(13(17)10(7-16)23-15)12(11)9-5-4-6-22-9/h4-6,12H,3,17H2,1-2H3/t12-/m1/s1. The zero-order chi connectivity index (χ0) is 16.6. The van der Waals surface area contributed by atoms with Crippen LogP contribution in [-0.2, 0) is 9.53 Å². The van der Waals surface area contributed by atoms with Crippen LogP contribution in [0.25, 0.3) is 0 Å². The minimum absolute atomic E-state index is 0.285. The third-order valence-corrected chi connectivity index (χ3v) is 5.39. The lowest BCUT2D eigenvalue weighted by molar-refractivity contribution is -0.139. The van der Waals surface area contributed by atoms with Crippen molar-refractivity contribution in [3.8, 4) is 6.07 Å². The van der Waals surface area contributed by atoms with E-state index >= 15 is 0 Å². The Balaban J connectivity index is 2.16. The van der Waals surface area contributed by atoms with Gasteiger partial charge in [-0.3, -0.25) is 4.90 Å². The van der Waals surface area contributed by atoms with Crippen LogP contribution >= 0.6 is 23.1 Å². The lowest BCUT2D eigenvalue weighted by Crippen LogP contribution is -2.38. The number of allylic oxidation sites excluding steroid dienone is 2. The number of nitrogens with two attached hydrogens (primary N) is 1. The normalized spacial score (nSPS) is 20.3. The van der Waals surface area contributed by atoms with Gasteiger partial charge in [0, 0.05) is 4.88 Å². The van der Waals surface area contributed by atoms with Crippen LogP contribution < -0.4 is 5.73 Å². The summed E-state index contributed by atoms with van der Waals surface area (Å²) in [6.07, 6.45) is 0. The van der Waals surface area contributed by atoms with E-state index in [9.17, 15) is 10.1 Å². The SMILES string of the molecule is CCOC(=O)C1=C(C)N=C2SC(C#N)=C(N)N2[C@@H]1c1cccs1. The van der Waals surface area contributed by atoms with Gasteiger partial charge in [0.25, 0.3) is 0 Å². The molecular formula is C15H14N4O2S2. The zero-order valence-corrected chi connectivity index (χ0v) is 14.2. The third-order valence-electron chi connectivity index (χ3n) is 3.49. The fourth-order valence-corrected chi connectivity index (χ4v) is 4.27. The summed E-state index contributed by atoms with van der Waals surface area (Å²) in [5.41, 5.74) is 7.18. The number of hydrogen-bond acceptors (Lipinski definition) is 8. The number of aliphatic imine (C=N–C) groups is 1. The molecule has 2 N–H and O–H groups in total. The van der Waals surface area contributed by atoms with E-state index in [4.69, 9.17) is 10.5 Å². The van der Waals surface area contributed by atoms with Crippen molar-refractivity contribution in [2.45, 2.75) is 19.9 Å². The Hall–Kier alpha value is -2.24. The lowest BCUT2D eigenvalue weighted by Gasteiger charge is -2.33. The molecule has 0 saturated carbocycles. The second-order valence-corrected chi connectivity index (χ2v) is 6.79. The van der Waals surface area contributed by atoms with Crippen LogP contribution in [0.5, 0.6) is 0 Å². The third kappa shape index (κ3) is 2.52. The van der Waals surface area contributed by atoms with Crippen molar-refractivity contribution in [1.82, 2.24) is 4.90 Å². The number of ether oxygens (including phenoxy) is 1. The van der Waals surface area contributed by atoms with Crippen LogP contribution in [0.2, 0.25) is 0 Å². The van der Waals surface area contributed by atoms with Crippen molar-refractivity contribution in [3.63, 3.8) is 0 Å². The van der Waals surface area contributed by atoms with E-state index in [1.165, 1.54) is 23.1 Å². The van der Waals surface area contributed by atoms with E-state index in [0.29, 0.717) is 27.2 Å². The average Bonchev–Trinajstić information content (AvgIpc) is 3.14. The number of hydrogen-bond donors (Lipinski definition) is 1. The summed E-state index contributed by atoms with van der Waals surface area (Å²) in [4.78, 5) is 20.0. The highest BCUT2D eigenvalue weighted by Gasteiger charge is 2.42. The van der Waals surface area contributed by atoms with Crippen molar-refractivity contribution >= 4 is 34.2 Å². The molecule has 0 aliphatic carbocycles. The quantitative estimate of drug-likeness (QED) is 0.846. The fraction of sp³-hybridized carbons (Fsp3) is 0.267. The fourth-order valence-electron chi connectivity index (χ4n) is 2.53. The Morgan fingerprint density at radius 1 is 1.61 bits per heavy atom. The molecule has 0 bridgehead atoms. The van der Waals surface area contributed by atoms with Crippen LogP contribution in [-0.4, -0.2) is 22.6 Å². The summed E-state index contributed by atoms with van der Waals surface area (Å²) in [5, 5.41) is 11.8. The van der Waals surface area contributed by atoms with Crippen molar-refractivity contribution in [2.75, 3.05) is 6.61 Å². The Morgan fingerprint density at radius 3 is 3.00 bits per heavy atom. The average molecular weight is 346 g/mol. The first-order valence-electron chi connectivity index (χ1n) is 6.95. The van der Waals surface area contributed by atoms with Crippen LogP contribution in [0.15, 0.2) is 44.5 Å². The number of thioether (sulfide) groups is 1. The van der Waals surface area contributed by atoms with E-state index in [1.807, 2.05) is 17.5 Å². The van der Waals surface area contributed by atoms with E-state index in [1.54, 1.807) is 18.7 Å². The Labute approximate surface area is 141 Å². The number of amidine groups is 1. The summed E-state index contributed by atoms with van der Waals surface area (Å²) < 4.78 is 5.20. The highest BCUT2D eigenvalue weighted by molar-refractivity contribution is 8.17. The van der Waals surface area contributed by atoms with Crippen LogP contribution in [0, 0.1) is 11.3 Å². The largest absolute Gasteiger partial charge is 0.463 e. The minimum Gasteiger partial charge on any atom is -0.463 e. The Bertz CT molecular complexity index is 787. The van der Waals surface area contributed by atoms with E-state index in [0.717, 1.165) is 4.88 Å². The first kappa shape index (κ1) is 15.6. The van der Waals surface area contributed by atoms with Crippen LogP contribution in [0.1, 0.15) is 24.8 Å². The molecule has 3 rings (SSSR count). The van der Waals surface area contributed by atoms with Gasteiger partial charge in [-0.2, -0.15) is 5.26 Å². The number of nitrogens with zero attached hydrogens (tertiary/aromatic N) is 3. The van der Waals surface area contributed by atoms with E-state index in [2.05, 4.69) is 11.1 Å². The summed E-state index contributed by atoms with van der Waals surface area (Å²) >= 11 is 2.74.